The van der Waals surface area contributed by atoms with Crippen molar-refractivity contribution in [2.45, 2.75) is 52.6 Å². The lowest BCUT2D eigenvalue weighted by Gasteiger charge is -2.28. The fourth-order valence-corrected chi connectivity index (χ4v) is 3.00. The number of fused-ring (bicyclic) bond motifs is 3. The van der Waals surface area contributed by atoms with E-state index in [4.69, 9.17) is 9.98 Å². The van der Waals surface area contributed by atoms with E-state index in [1.165, 1.54) is 22.3 Å². The summed E-state index contributed by atoms with van der Waals surface area (Å²) in [6.07, 6.45) is 0. The molecule has 124 valence electrons. The van der Waals surface area contributed by atoms with E-state index in [9.17, 15) is 0 Å². The lowest BCUT2D eigenvalue weighted by atomic mass is 9.82. The Morgan fingerprint density at radius 2 is 0.792 bits per heavy atom. The Labute approximate surface area is 145 Å². The van der Waals surface area contributed by atoms with Gasteiger partial charge in [-0.05, 0) is 52.7 Å². The van der Waals surface area contributed by atoms with Crippen LogP contribution in [0.1, 0.15) is 52.7 Å². The molecule has 3 rings (SSSR count). The summed E-state index contributed by atoms with van der Waals surface area (Å²) >= 11 is 0. The summed E-state index contributed by atoms with van der Waals surface area (Å²) < 4.78 is 0. The molecule has 2 heteroatoms. The Hall–Kier alpha value is -2.22. The quantitative estimate of drug-likeness (QED) is 0.609. The third-order valence-corrected chi connectivity index (χ3v) is 3.77. The molecule has 0 fully saturated rings. The largest absolute Gasteiger partial charge is 0.277 e. The maximum atomic E-state index is 5.06. The van der Waals surface area contributed by atoms with Crippen LogP contribution in [0.4, 0.5) is 0 Å². The molecule has 2 aromatic rings. The van der Waals surface area contributed by atoms with Gasteiger partial charge >= 0.3 is 0 Å². The first-order valence-corrected chi connectivity index (χ1v) is 8.55. The minimum absolute atomic E-state index is 0.159. The second-order valence-corrected chi connectivity index (χ2v) is 8.35. The zero-order valence-electron chi connectivity index (χ0n) is 15.5. The molecule has 0 bridgehead atoms. The molecule has 0 aromatic heterocycles. The molecule has 0 heterocycles. The highest BCUT2D eigenvalue weighted by Crippen LogP contribution is 2.35. The topological polar surface area (TPSA) is 24.7 Å². The summed E-state index contributed by atoms with van der Waals surface area (Å²) in [6, 6.07) is 17.0. The highest BCUT2D eigenvalue weighted by molar-refractivity contribution is 6.57. The number of aliphatic imine (C=N–C) groups is 2. The smallest absolute Gasteiger partial charge is 0.0917 e. The van der Waals surface area contributed by atoms with Crippen LogP contribution in [0.25, 0.3) is 11.1 Å². The first-order valence-electron chi connectivity index (χ1n) is 8.55. The van der Waals surface area contributed by atoms with Gasteiger partial charge in [-0.15, -0.1) is 0 Å². The molecule has 24 heavy (non-hydrogen) atoms. The molecule has 0 saturated carbocycles. The summed E-state index contributed by atoms with van der Waals surface area (Å²) in [7, 11) is 0. The van der Waals surface area contributed by atoms with Crippen LogP contribution in [-0.4, -0.2) is 22.5 Å². The predicted octanol–water partition coefficient (Wildman–Crippen LogP) is 5.54. The normalized spacial score (nSPS) is 17.8. The minimum atomic E-state index is -0.159. The Balaban J connectivity index is 2.39. The zero-order chi connectivity index (χ0) is 17.5. The summed E-state index contributed by atoms with van der Waals surface area (Å²) in [5.41, 5.74) is 6.52. The Morgan fingerprint density at radius 1 is 0.500 bits per heavy atom. The molecule has 0 N–H and O–H groups in total. The van der Waals surface area contributed by atoms with Crippen LogP contribution in [0.15, 0.2) is 58.5 Å². The van der Waals surface area contributed by atoms with Crippen molar-refractivity contribution < 1.29 is 0 Å². The van der Waals surface area contributed by atoms with E-state index in [1.54, 1.807) is 0 Å². The van der Waals surface area contributed by atoms with E-state index in [2.05, 4.69) is 90.1 Å². The molecule has 0 saturated heterocycles. The molecule has 0 amide bonds. The van der Waals surface area contributed by atoms with Crippen LogP contribution in [0.3, 0.4) is 0 Å². The third kappa shape index (κ3) is 3.33. The van der Waals surface area contributed by atoms with Crippen LogP contribution in [0, 0.1) is 0 Å². The number of rotatable bonds is 0. The fourth-order valence-electron chi connectivity index (χ4n) is 3.00. The number of nitrogens with zero attached hydrogens (tertiary/aromatic N) is 2. The van der Waals surface area contributed by atoms with E-state index in [-0.39, 0.29) is 11.1 Å². The summed E-state index contributed by atoms with van der Waals surface area (Å²) in [4.78, 5) is 10.1. The summed E-state index contributed by atoms with van der Waals surface area (Å²) in [5.74, 6) is 0. The van der Waals surface area contributed by atoms with Crippen LogP contribution in [-0.2, 0) is 0 Å². The van der Waals surface area contributed by atoms with Crippen molar-refractivity contribution in [3.05, 3.63) is 59.7 Å². The van der Waals surface area contributed by atoms with Gasteiger partial charge in [-0.25, -0.2) is 0 Å². The van der Waals surface area contributed by atoms with Crippen LogP contribution in [0.2, 0.25) is 0 Å². The summed E-state index contributed by atoms with van der Waals surface area (Å²) in [6.45, 7) is 12.8. The second kappa shape index (κ2) is 5.70. The fraction of sp³-hybridized carbons (Fsp3) is 0.364. The van der Waals surface area contributed by atoms with Gasteiger partial charge in [-0.1, -0.05) is 48.5 Å². The van der Waals surface area contributed by atoms with Crippen LogP contribution >= 0.6 is 0 Å². The van der Waals surface area contributed by atoms with Gasteiger partial charge in [-0.3, -0.25) is 9.98 Å². The Morgan fingerprint density at radius 3 is 1.08 bits per heavy atom. The van der Waals surface area contributed by atoms with Gasteiger partial charge in [0.05, 0.1) is 22.5 Å². The van der Waals surface area contributed by atoms with E-state index >= 15 is 0 Å². The van der Waals surface area contributed by atoms with Gasteiger partial charge in [0.25, 0.3) is 0 Å². The molecule has 0 atom stereocenters. The van der Waals surface area contributed by atoms with Crippen molar-refractivity contribution in [2.24, 2.45) is 9.98 Å². The molecule has 1 aliphatic rings. The van der Waals surface area contributed by atoms with Crippen molar-refractivity contribution in [2.75, 3.05) is 0 Å². The monoisotopic (exact) mass is 318 g/mol. The molecule has 0 aliphatic heterocycles. The average molecular weight is 318 g/mol. The molecular weight excluding hydrogens is 292 g/mol. The standard InChI is InChI=1S/C22H26N2/c1-21(2,3)23-19-17-13-9-7-11-15(17)16-12-8-10-14-18(16)20(19)24-22(4,5)6/h7-14H,1-6H3. The molecule has 2 nitrogen and oxygen atoms in total. The molecule has 0 unspecified atom stereocenters. The first kappa shape index (κ1) is 16.6. The number of hydrogen-bond acceptors (Lipinski definition) is 2. The van der Waals surface area contributed by atoms with E-state index in [0.717, 1.165) is 11.4 Å². The average Bonchev–Trinajstić information content (AvgIpc) is 2.48. The van der Waals surface area contributed by atoms with E-state index in [1.807, 2.05) is 0 Å². The summed E-state index contributed by atoms with van der Waals surface area (Å²) in [5, 5.41) is 0. The van der Waals surface area contributed by atoms with Gasteiger partial charge < -0.3 is 0 Å². The van der Waals surface area contributed by atoms with Gasteiger partial charge in [0.15, 0.2) is 0 Å². The van der Waals surface area contributed by atoms with Gasteiger partial charge in [0.2, 0.25) is 0 Å². The highest BCUT2D eigenvalue weighted by Gasteiger charge is 2.29. The highest BCUT2D eigenvalue weighted by atomic mass is 14.9. The maximum Gasteiger partial charge on any atom is 0.0917 e. The van der Waals surface area contributed by atoms with Crippen LogP contribution in [0.5, 0.6) is 0 Å². The van der Waals surface area contributed by atoms with Crippen molar-refractivity contribution >= 4 is 11.4 Å². The predicted molar refractivity (Wildman–Crippen MR) is 104 cm³/mol. The maximum absolute atomic E-state index is 5.06. The Kier molecular flexibility index (Phi) is 3.95. The third-order valence-electron chi connectivity index (χ3n) is 3.77. The van der Waals surface area contributed by atoms with Crippen molar-refractivity contribution in [3.8, 4) is 11.1 Å². The molecule has 1 aliphatic carbocycles. The molecule has 2 aromatic carbocycles. The van der Waals surface area contributed by atoms with Crippen molar-refractivity contribution in [1.29, 1.82) is 0 Å². The van der Waals surface area contributed by atoms with Crippen LogP contribution < -0.4 is 0 Å². The molecular formula is C22H26N2. The van der Waals surface area contributed by atoms with E-state index < -0.39 is 0 Å². The van der Waals surface area contributed by atoms with Gasteiger partial charge in [0.1, 0.15) is 0 Å². The molecule has 0 radical (unpaired) electrons. The lowest BCUT2D eigenvalue weighted by molar-refractivity contribution is 0.579. The van der Waals surface area contributed by atoms with Gasteiger partial charge in [-0.2, -0.15) is 0 Å². The van der Waals surface area contributed by atoms with Crippen molar-refractivity contribution in [3.63, 3.8) is 0 Å². The SMILES string of the molecule is CC(C)(C)N=C1C(=NC(C)(C)C)c2ccccc2-c2ccccc21. The van der Waals surface area contributed by atoms with Gasteiger partial charge in [0, 0.05) is 11.1 Å². The minimum Gasteiger partial charge on any atom is -0.277 e. The first-order chi connectivity index (χ1) is 11.2. The van der Waals surface area contributed by atoms with Crippen molar-refractivity contribution in [1.82, 2.24) is 0 Å². The van der Waals surface area contributed by atoms with E-state index in [0.29, 0.717) is 0 Å². The lowest BCUT2D eigenvalue weighted by Crippen LogP contribution is -2.29. The Bertz CT molecular complexity index is 756. The zero-order valence-corrected chi connectivity index (χ0v) is 15.5. The number of hydrogen-bond donors (Lipinski definition) is 0. The second-order valence-electron chi connectivity index (χ2n) is 8.35. The number of benzene rings is 2. The molecule has 0 spiro atoms.